The third kappa shape index (κ3) is 4.35. The number of amides is 2. The highest BCUT2D eigenvalue weighted by Gasteiger charge is 2.27. The standard InChI is InChI=1S/C15H18N4O2S2/c20-13(4-3-12-2-1-9-22-12)19-7-5-11(6-8-19)14(21)17-15-18-16-10-23-15/h1-2,9-11H,3-8H2,(H,17,18,21). The Hall–Kier alpha value is -1.80. The number of piperidine rings is 1. The summed E-state index contributed by atoms with van der Waals surface area (Å²) in [6, 6.07) is 4.06. The highest BCUT2D eigenvalue weighted by Crippen LogP contribution is 2.21. The zero-order valence-electron chi connectivity index (χ0n) is 12.6. The summed E-state index contributed by atoms with van der Waals surface area (Å²) in [5.74, 6) is 0.106. The van der Waals surface area contributed by atoms with Crippen molar-refractivity contribution in [3.05, 3.63) is 27.9 Å². The van der Waals surface area contributed by atoms with Crippen molar-refractivity contribution in [3.8, 4) is 0 Å². The van der Waals surface area contributed by atoms with Gasteiger partial charge in [0.25, 0.3) is 0 Å². The molecule has 6 nitrogen and oxygen atoms in total. The zero-order valence-corrected chi connectivity index (χ0v) is 14.2. The van der Waals surface area contributed by atoms with Crippen LogP contribution in [0.1, 0.15) is 24.1 Å². The Balaban J connectivity index is 1.42. The lowest BCUT2D eigenvalue weighted by Crippen LogP contribution is -2.41. The van der Waals surface area contributed by atoms with Gasteiger partial charge in [0, 0.05) is 30.3 Å². The highest BCUT2D eigenvalue weighted by molar-refractivity contribution is 7.13. The minimum atomic E-state index is -0.0553. The Morgan fingerprint density at radius 1 is 1.30 bits per heavy atom. The van der Waals surface area contributed by atoms with Gasteiger partial charge in [-0.2, -0.15) is 0 Å². The van der Waals surface area contributed by atoms with E-state index in [1.54, 1.807) is 16.8 Å². The number of rotatable bonds is 5. The van der Waals surface area contributed by atoms with E-state index >= 15 is 0 Å². The molecule has 3 heterocycles. The molecule has 0 radical (unpaired) electrons. The Morgan fingerprint density at radius 3 is 2.78 bits per heavy atom. The smallest absolute Gasteiger partial charge is 0.229 e. The first-order valence-electron chi connectivity index (χ1n) is 7.59. The molecule has 23 heavy (non-hydrogen) atoms. The quantitative estimate of drug-likeness (QED) is 0.898. The molecule has 2 aromatic rings. The second-order valence-electron chi connectivity index (χ2n) is 5.47. The number of aromatic nitrogens is 2. The highest BCUT2D eigenvalue weighted by atomic mass is 32.1. The lowest BCUT2D eigenvalue weighted by atomic mass is 9.95. The molecule has 1 aliphatic rings. The van der Waals surface area contributed by atoms with Crippen LogP contribution in [-0.2, 0) is 16.0 Å². The lowest BCUT2D eigenvalue weighted by Gasteiger charge is -2.31. The van der Waals surface area contributed by atoms with Crippen molar-refractivity contribution in [1.82, 2.24) is 15.1 Å². The van der Waals surface area contributed by atoms with Crippen LogP contribution in [0.2, 0.25) is 0 Å². The normalized spacial score (nSPS) is 15.6. The van der Waals surface area contributed by atoms with Crippen LogP contribution in [-0.4, -0.2) is 40.0 Å². The van der Waals surface area contributed by atoms with Gasteiger partial charge in [0.05, 0.1) is 0 Å². The number of nitrogens with one attached hydrogen (secondary N) is 1. The van der Waals surface area contributed by atoms with Crippen LogP contribution < -0.4 is 5.32 Å². The van der Waals surface area contributed by atoms with Crippen molar-refractivity contribution in [2.75, 3.05) is 18.4 Å². The molecule has 0 aliphatic carbocycles. The summed E-state index contributed by atoms with van der Waals surface area (Å²) in [6.45, 7) is 1.30. The van der Waals surface area contributed by atoms with Gasteiger partial charge in [-0.1, -0.05) is 17.4 Å². The predicted octanol–water partition coefficient (Wildman–Crippen LogP) is 2.41. The van der Waals surface area contributed by atoms with Crippen LogP contribution in [0.25, 0.3) is 0 Å². The van der Waals surface area contributed by atoms with Gasteiger partial charge in [-0.3, -0.25) is 9.59 Å². The van der Waals surface area contributed by atoms with E-state index in [-0.39, 0.29) is 17.7 Å². The largest absolute Gasteiger partial charge is 0.343 e. The molecular weight excluding hydrogens is 332 g/mol. The maximum Gasteiger partial charge on any atom is 0.229 e. The molecule has 1 fully saturated rings. The molecule has 0 atom stereocenters. The maximum atomic E-state index is 12.2. The fourth-order valence-corrected chi connectivity index (χ4v) is 3.83. The molecule has 0 aromatic carbocycles. The molecule has 1 aliphatic heterocycles. The van der Waals surface area contributed by atoms with Crippen molar-refractivity contribution in [3.63, 3.8) is 0 Å². The number of anilines is 1. The average Bonchev–Trinajstić information content (AvgIpc) is 3.26. The Kier molecular flexibility index (Phi) is 5.35. The number of hydrogen-bond acceptors (Lipinski definition) is 6. The fraction of sp³-hybridized carbons (Fsp3) is 0.467. The molecule has 122 valence electrons. The molecule has 0 saturated carbocycles. The number of hydrogen-bond donors (Lipinski definition) is 1. The SMILES string of the molecule is O=C(Nc1nncs1)C1CCN(C(=O)CCc2cccs2)CC1. The van der Waals surface area contributed by atoms with E-state index in [1.165, 1.54) is 16.2 Å². The third-order valence-electron chi connectivity index (χ3n) is 3.97. The van der Waals surface area contributed by atoms with E-state index in [0.717, 1.165) is 6.42 Å². The van der Waals surface area contributed by atoms with Crippen LogP contribution in [0.15, 0.2) is 23.0 Å². The van der Waals surface area contributed by atoms with Gasteiger partial charge in [0.1, 0.15) is 5.51 Å². The summed E-state index contributed by atoms with van der Waals surface area (Å²) < 4.78 is 0. The molecule has 8 heteroatoms. The first kappa shape index (κ1) is 16.1. The molecule has 0 unspecified atom stereocenters. The Labute approximate surface area is 142 Å². The number of likely N-dealkylation sites (tertiary alicyclic amines) is 1. The van der Waals surface area contributed by atoms with Gasteiger partial charge in [-0.15, -0.1) is 21.5 Å². The summed E-state index contributed by atoms with van der Waals surface area (Å²) in [4.78, 5) is 27.5. The van der Waals surface area contributed by atoms with E-state index in [1.807, 2.05) is 16.3 Å². The van der Waals surface area contributed by atoms with E-state index in [4.69, 9.17) is 0 Å². The summed E-state index contributed by atoms with van der Waals surface area (Å²) in [7, 11) is 0. The Morgan fingerprint density at radius 2 is 2.13 bits per heavy atom. The van der Waals surface area contributed by atoms with E-state index < -0.39 is 0 Å². The van der Waals surface area contributed by atoms with Crippen LogP contribution >= 0.6 is 22.7 Å². The van der Waals surface area contributed by atoms with Gasteiger partial charge in [-0.25, -0.2) is 0 Å². The molecule has 3 rings (SSSR count). The second kappa shape index (κ2) is 7.65. The van der Waals surface area contributed by atoms with Crippen molar-refractivity contribution >= 4 is 39.6 Å². The average molecular weight is 350 g/mol. The fourth-order valence-electron chi connectivity index (χ4n) is 2.67. The van der Waals surface area contributed by atoms with Crippen LogP contribution in [0.4, 0.5) is 5.13 Å². The van der Waals surface area contributed by atoms with Gasteiger partial charge in [0.2, 0.25) is 16.9 Å². The second-order valence-corrected chi connectivity index (χ2v) is 7.33. The minimum absolute atomic E-state index is 0.0209. The lowest BCUT2D eigenvalue weighted by molar-refractivity contribution is -0.134. The van der Waals surface area contributed by atoms with Gasteiger partial charge in [-0.05, 0) is 30.7 Å². The minimum Gasteiger partial charge on any atom is -0.343 e. The number of nitrogens with zero attached hydrogens (tertiary/aromatic N) is 3. The Bertz CT molecular complexity index is 635. The summed E-state index contributed by atoms with van der Waals surface area (Å²) in [5, 5.41) is 12.9. The summed E-state index contributed by atoms with van der Waals surface area (Å²) in [5.41, 5.74) is 1.59. The van der Waals surface area contributed by atoms with Gasteiger partial charge >= 0.3 is 0 Å². The molecular formula is C15H18N4O2S2. The molecule has 2 amide bonds. The number of carbonyl (C=O) groups excluding carboxylic acids is 2. The van der Waals surface area contributed by atoms with Crippen LogP contribution in [0.3, 0.4) is 0 Å². The van der Waals surface area contributed by atoms with E-state index in [2.05, 4.69) is 21.6 Å². The topological polar surface area (TPSA) is 75.2 Å². The summed E-state index contributed by atoms with van der Waals surface area (Å²) >= 11 is 2.99. The molecule has 1 N–H and O–H groups in total. The van der Waals surface area contributed by atoms with Gasteiger partial charge < -0.3 is 10.2 Å². The monoisotopic (exact) mass is 350 g/mol. The van der Waals surface area contributed by atoms with Crippen molar-refractivity contribution in [2.24, 2.45) is 5.92 Å². The van der Waals surface area contributed by atoms with E-state index in [0.29, 0.717) is 37.5 Å². The number of carbonyl (C=O) groups is 2. The van der Waals surface area contributed by atoms with Crippen LogP contribution in [0, 0.1) is 5.92 Å². The van der Waals surface area contributed by atoms with E-state index in [9.17, 15) is 9.59 Å². The molecule has 2 aromatic heterocycles. The number of thiophene rings is 1. The molecule has 1 saturated heterocycles. The van der Waals surface area contributed by atoms with Gasteiger partial charge in [0.15, 0.2) is 0 Å². The third-order valence-corrected chi connectivity index (χ3v) is 5.52. The van der Waals surface area contributed by atoms with Crippen molar-refractivity contribution < 1.29 is 9.59 Å². The van der Waals surface area contributed by atoms with Crippen molar-refractivity contribution in [2.45, 2.75) is 25.7 Å². The number of aryl methyl sites for hydroxylation is 1. The first-order valence-corrected chi connectivity index (χ1v) is 9.35. The predicted molar refractivity (Wildman–Crippen MR) is 90.5 cm³/mol. The van der Waals surface area contributed by atoms with Crippen LogP contribution in [0.5, 0.6) is 0 Å². The maximum absolute atomic E-state index is 12.2. The zero-order chi connectivity index (χ0) is 16.1. The van der Waals surface area contributed by atoms with Crippen molar-refractivity contribution in [1.29, 1.82) is 0 Å². The molecule has 0 bridgehead atoms. The summed E-state index contributed by atoms with van der Waals surface area (Å²) in [6.07, 6.45) is 2.75. The molecule has 0 spiro atoms. The first-order chi connectivity index (χ1) is 11.2.